The minimum Gasteiger partial charge on any atom is -0.346 e. The van der Waals surface area contributed by atoms with E-state index in [0.29, 0.717) is 0 Å². The highest BCUT2D eigenvalue weighted by molar-refractivity contribution is 5.88. The highest BCUT2D eigenvalue weighted by Gasteiger charge is 2.07. The van der Waals surface area contributed by atoms with E-state index in [1.807, 2.05) is 26.0 Å². The summed E-state index contributed by atoms with van der Waals surface area (Å²) in [5, 5.41) is 2.95. The monoisotopic (exact) mass is 243 g/mol. The molecule has 18 heavy (non-hydrogen) atoms. The van der Waals surface area contributed by atoms with Crippen molar-refractivity contribution in [2.45, 2.75) is 33.7 Å². The number of aryl methyl sites for hydroxylation is 2. The molecule has 0 fully saturated rings. The molecule has 1 unspecified atom stereocenters. The summed E-state index contributed by atoms with van der Waals surface area (Å²) < 4.78 is 0. The number of amides is 1. The second kappa shape index (κ2) is 6.80. The first-order valence-electron chi connectivity index (χ1n) is 6.21. The highest BCUT2D eigenvalue weighted by atomic mass is 16.1. The Hall–Kier alpha value is -1.83. The minimum atomic E-state index is -0.0697. The molecular weight excluding hydrogens is 222 g/mol. The van der Waals surface area contributed by atoms with E-state index >= 15 is 0 Å². The number of carbonyl (C=O) groups excluding carboxylic acids is 1. The molecule has 0 heterocycles. The van der Waals surface area contributed by atoms with Crippen LogP contribution < -0.4 is 5.32 Å². The van der Waals surface area contributed by atoms with E-state index in [4.69, 9.17) is 0 Å². The third-order valence-corrected chi connectivity index (χ3v) is 2.65. The molecule has 1 rings (SSSR count). The summed E-state index contributed by atoms with van der Waals surface area (Å²) in [6.07, 6.45) is 7.00. The zero-order valence-electron chi connectivity index (χ0n) is 11.5. The van der Waals surface area contributed by atoms with E-state index in [2.05, 4.69) is 37.4 Å². The zero-order chi connectivity index (χ0) is 13.5. The van der Waals surface area contributed by atoms with Crippen LogP contribution in [-0.4, -0.2) is 5.91 Å². The molecule has 0 aliphatic carbocycles. The van der Waals surface area contributed by atoms with E-state index in [1.54, 1.807) is 12.2 Å². The zero-order valence-corrected chi connectivity index (χ0v) is 11.5. The Morgan fingerprint density at radius 3 is 2.33 bits per heavy atom. The summed E-state index contributed by atoms with van der Waals surface area (Å²) >= 11 is 0. The molecule has 0 radical (unpaired) electrons. The van der Waals surface area contributed by atoms with Crippen molar-refractivity contribution in [2.75, 3.05) is 0 Å². The van der Waals surface area contributed by atoms with Crippen molar-refractivity contribution in [1.29, 1.82) is 0 Å². The predicted molar refractivity (Wildman–Crippen MR) is 76.4 cm³/mol. The lowest BCUT2D eigenvalue weighted by molar-refractivity contribution is -0.117. The van der Waals surface area contributed by atoms with Gasteiger partial charge in [-0.2, -0.15) is 0 Å². The van der Waals surface area contributed by atoms with Crippen LogP contribution in [0.25, 0.3) is 0 Å². The molecule has 0 aliphatic heterocycles. The van der Waals surface area contributed by atoms with E-state index in [0.717, 1.165) is 5.56 Å². The minimum absolute atomic E-state index is 0.0198. The van der Waals surface area contributed by atoms with E-state index in [9.17, 15) is 4.79 Å². The normalized spacial score (nSPS) is 13.1. The van der Waals surface area contributed by atoms with Gasteiger partial charge in [-0.15, -0.1) is 0 Å². The molecule has 0 bridgehead atoms. The van der Waals surface area contributed by atoms with Crippen LogP contribution in [0.4, 0.5) is 0 Å². The van der Waals surface area contributed by atoms with E-state index in [1.165, 1.54) is 11.1 Å². The first-order chi connectivity index (χ1) is 8.52. The van der Waals surface area contributed by atoms with Gasteiger partial charge in [-0.25, -0.2) is 0 Å². The number of nitrogens with one attached hydrogen (secondary N) is 1. The van der Waals surface area contributed by atoms with Crippen LogP contribution in [0.2, 0.25) is 0 Å². The van der Waals surface area contributed by atoms with E-state index < -0.39 is 0 Å². The fraction of sp³-hybridized carbons (Fsp3) is 0.312. The van der Waals surface area contributed by atoms with Gasteiger partial charge in [0, 0.05) is 6.08 Å². The second-order valence-electron chi connectivity index (χ2n) is 4.54. The van der Waals surface area contributed by atoms with Crippen molar-refractivity contribution in [2.24, 2.45) is 0 Å². The number of hydrogen-bond donors (Lipinski definition) is 1. The predicted octanol–water partition coefficient (Wildman–Crippen LogP) is 3.61. The fourth-order valence-electron chi connectivity index (χ4n) is 1.86. The summed E-state index contributed by atoms with van der Waals surface area (Å²) in [6, 6.07) is 6.36. The largest absolute Gasteiger partial charge is 0.346 e. The Balaban J connectivity index is 2.70. The smallest absolute Gasteiger partial charge is 0.244 e. The third-order valence-electron chi connectivity index (χ3n) is 2.65. The lowest BCUT2D eigenvalue weighted by atomic mass is 10.0. The molecule has 0 saturated heterocycles. The SMILES string of the molecule is C/C=C/C=C/C(=O)NC(C)c1cc(C)cc(C)c1. The lowest BCUT2D eigenvalue weighted by Crippen LogP contribution is -2.24. The van der Waals surface area contributed by atoms with Gasteiger partial charge in [0.05, 0.1) is 6.04 Å². The molecule has 0 spiro atoms. The van der Waals surface area contributed by atoms with Gasteiger partial charge in [0.2, 0.25) is 5.91 Å². The Bertz CT molecular complexity index is 452. The standard InChI is InChI=1S/C16H21NO/c1-5-6-7-8-16(18)17-14(4)15-10-12(2)9-13(3)11-15/h5-11,14H,1-4H3,(H,17,18)/b6-5+,8-7+. The van der Waals surface area contributed by atoms with Crippen molar-refractivity contribution in [1.82, 2.24) is 5.32 Å². The van der Waals surface area contributed by atoms with Gasteiger partial charge < -0.3 is 5.32 Å². The van der Waals surface area contributed by atoms with Crippen LogP contribution in [0, 0.1) is 13.8 Å². The van der Waals surface area contributed by atoms with Crippen molar-refractivity contribution < 1.29 is 4.79 Å². The van der Waals surface area contributed by atoms with Crippen LogP contribution in [-0.2, 0) is 4.79 Å². The number of benzene rings is 1. The fourth-order valence-corrected chi connectivity index (χ4v) is 1.86. The summed E-state index contributed by atoms with van der Waals surface area (Å²) in [4.78, 5) is 11.6. The maximum atomic E-state index is 11.6. The van der Waals surface area contributed by atoms with Gasteiger partial charge in [-0.1, -0.05) is 47.6 Å². The average Bonchev–Trinajstić information content (AvgIpc) is 2.28. The summed E-state index contributed by atoms with van der Waals surface area (Å²) in [6.45, 7) is 8.05. The molecular formula is C16H21NO. The van der Waals surface area contributed by atoms with Crippen LogP contribution in [0.1, 0.15) is 36.6 Å². The lowest BCUT2D eigenvalue weighted by Gasteiger charge is -2.14. The number of rotatable bonds is 4. The Morgan fingerprint density at radius 2 is 1.78 bits per heavy atom. The highest BCUT2D eigenvalue weighted by Crippen LogP contribution is 2.16. The van der Waals surface area contributed by atoms with Crippen LogP contribution >= 0.6 is 0 Å². The Kier molecular flexibility index (Phi) is 5.37. The first kappa shape index (κ1) is 14.2. The van der Waals surface area contributed by atoms with Crippen molar-refractivity contribution >= 4 is 5.91 Å². The maximum Gasteiger partial charge on any atom is 0.244 e. The maximum absolute atomic E-state index is 11.6. The second-order valence-corrected chi connectivity index (χ2v) is 4.54. The third kappa shape index (κ3) is 4.58. The molecule has 0 aliphatic rings. The molecule has 1 N–H and O–H groups in total. The molecule has 2 nitrogen and oxygen atoms in total. The van der Waals surface area contributed by atoms with Gasteiger partial charge in [-0.3, -0.25) is 4.79 Å². The van der Waals surface area contributed by atoms with Gasteiger partial charge in [0.25, 0.3) is 0 Å². The summed E-state index contributed by atoms with van der Waals surface area (Å²) in [7, 11) is 0. The van der Waals surface area contributed by atoms with Crippen molar-refractivity contribution in [3.63, 3.8) is 0 Å². The molecule has 96 valence electrons. The van der Waals surface area contributed by atoms with Gasteiger partial charge >= 0.3 is 0 Å². The molecule has 1 atom stereocenters. The van der Waals surface area contributed by atoms with Gasteiger partial charge in [0.1, 0.15) is 0 Å². The summed E-state index contributed by atoms with van der Waals surface area (Å²) in [5.41, 5.74) is 3.58. The molecule has 0 saturated carbocycles. The van der Waals surface area contributed by atoms with Crippen molar-refractivity contribution in [3.05, 3.63) is 59.2 Å². The van der Waals surface area contributed by atoms with Crippen LogP contribution in [0.15, 0.2) is 42.5 Å². The quantitative estimate of drug-likeness (QED) is 0.635. The molecule has 1 aromatic rings. The summed E-state index contributed by atoms with van der Waals surface area (Å²) in [5.74, 6) is -0.0697. The van der Waals surface area contributed by atoms with Crippen molar-refractivity contribution in [3.8, 4) is 0 Å². The number of allylic oxidation sites excluding steroid dienone is 3. The molecule has 2 heteroatoms. The molecule has 1 aromatic carbocycles. The Morgan fingerprint density at radius 1 is 1.17 bits per heavy atom. The van der Waals surface area contributed by atoms with Gasteiger partial charge in [0.15, 0.2) is 0 Å². The van der Waals surface area contributed by atoms with Gasteiger partial charge in [-0.05, 0) is 33.3 Å². The molecule has 1 amide bonds. The van der Waals surface area contributed by atoms with E-state index in [-0.39, 0.29) is 11.9 Å². The number of carbonyl (C=O) groups is 1. The topological polar surface area (TPSA) is 29.1 Å². The number of hydrogen-bond acceptors (Lipinski definition) is 1. The Labute approximate surface area is 109 Å². The average molecular weight is 243 g/mol. The van der Waals surface area contributed by atoms with Crippen LogP contribution in [0.5, 0.6) is 0 Å². The first-order valence-corrected chi connectivity index (χ1v) is 6.21. The van der Waals surface area contributed by atoms with Crippen LogP contribution in [0.3, 0.4) is 0 Å². The molecule has 0 aromatic heterocycles.